The summed E-state index contributed by atoms with van der Waals surface area (Å²) in [5.74, 6) is -0.0175. The van der Waals surface area contributed by atoms with E-state index in [-0.39, 0.29) is 4.90 Å². The van der Waals surface area contributed by atoms with Crippen molar-refractivity contribution in [3.63, 3.8) is 0 Å². The summed E-state index contributed by atoms with van der Waals surface area (Å²) >= 11 is 1.25. The van der Waals surface area contributed by atoms with Crippen molar-refractivity contribution in [2.45, 2.75) is 17.9 Å². The molecule has 0 atom stereocenters. The molecular formula is C26H24N2O5S2. The van der Waals surface area contributed by atoms with Crippen LogP contribution in [0, 0.1) is 0 Å². The Hall–Kier alpha value is -3.53. The summed E-state index contributed by atoms with van der Waals surface area (Å²) < 4.78 is 42.3. The van der Waals surface area contributed by atoms with Crippen molar-refractivity contribution >= 4 is 27.3 Å². The second kappa shape index (κ2) is 11.3. The van der Waals surface area contributed by atoms with Gasteiger partial charge in [0.15, 0.2) is 0 Å². The zero-order valence-corrected chi connectivity index (χ0v) is 20.7. The number of carbonyl (C=O) groups is 1. The third-order valence-electron chi connectivity index (χ3n) is 5.14. The van der Waals surface area contributed by atoms with Gasteiger partial charge in [0, 0.05) is 25.6 Å². The predicted octanol–water partition coefficient (Wildman–Crippen LogP) is 4.76. The van der Waals surface area contributed by atoms with Gasteiger partial charge in [-0.05, 0) is 60.5 Å². The van der Waals surface area contributed by atoms with Crippen molar-refractivity contribution in [1.29, 1.82) is 0 Å². The fourth-order valence-corrected chi connectivity index (χ4v) is 5.57. The number of aromatic nitrogens is 1. The zero-order chi connectivity index (χ0) is 24.7. The Morgan fingerprint density at radius 2 is 1.60 bits per heavy atom. The minimum absolute atomic E-state index is 0.142. The number of sulfonamides is 1. The van der Waals surface area contributed by atoms with Gasteiger partial charge in [-0.15, -0.1) is 15.7 Å². The average molecular weight is 509 g/mol. The summed E-state index contributed by atoms with van der Waals surface area (Å²) in [5.41, 5.74) is 2.13. The molecule has 4 rings (SSSR count). The highest BCUT2D eigenvalue weighted by molar-refractivity contribution is 7.90. The lowest BCUT2D eigenvalue weighted by molar-refractivity contribution is 0.0734. The average Bonchev–Trinajstić information content (AvgIpc) is 3.27. The van der Waals surface area contributed by atoms with E-state index < -0.39 is 16.0 Å². The van der Waals surface area contributed by atoms with Gasteiger partial charge in [-0.25, -0.2) is 4.79 Å². The number of ether oxygens (including phenoxy) is 2. The van der Waals surface area contributed by atoms with Crippen molar-refractivity contribution < 1.29 is 22.7 Å². The van der Waals surface area contributed by atoms with Gasteiger partial charge < -0.3 is 14.0 Å². The Morgan fingerprint density at radius 1 is 0.943 bits per heavy atom. The van der Waals surface area contributed by atoms with Crippen molar-refractivity contribution in [2.75, 3.05) is 13.7 Å². The molecular weight excluding hydrogens is 484 g/mol. The second-order valence-corrected chi connectivity index (χ2v) is 10.0. The van der Waals surface area contributed by atoms with Crippen LogP contribution in [0.1, 0.15) is 16.8 Å². The maximum atomic E-state index is 12.8. The molecule has 0 aliphatic heterocycles. The third kappa shape index (κ3) is 6.13. The summed E-state index contributed by atoms with van der Waals surface area (Å²) in [7, 11) is -2.23. The molecule has 0 amide bonds. The van der Waals surface area contributed by atoms with E-state index >= 15 is 0 Å². The van der Waals surface area contributed by atoms with E-state index in [0.29, 0.717) is 35.7 Å². The molecule has 35 heavy (non-hydrogen) atoms. The van der Waals surface area contributed by atoms with Crippen LogP contribution in [0.15, 0.2) is 99.6 Å². The quantitative estimate of drug-likeness (QED) is 0.185. The minimum Gasteiger partial charge on any atom is -0.423 e. The zero-order valence-electron chi connectivity index (χ0n) is 19.0. The van der Waals surface area contributed by atoms with Gasteiger partial charge in [0.05, 0.1) is 16.2 Å². The van der Waals surface area contributed by atoms with Crippen molar-refractivity contribution in [2.24, 2.45) is 4.40 Å². The van der Waals surface area contributed by atoms with Crippen LogP contribution in [-0.2, 0) is 21.3 Å². The van der Waals surface area contributed by atoms with Gasteiger partial charge in [0.1, 0.15) is 5.75 Å². The monoisotopic (exact) mass is 508 g/mol. The van der Waals surface area contributed by atoms with E-state index in [1.165, 1.54) is 23.5 Å². The molecule has 0 saturated carbocycles. The van der Waals surface area contributed by atoms with E-state index in [4.69, 9.17) is 9.47 Å². The highest BCUT2D eigenvalue weighted by Gasteiger charge is 2.15. The molecule has 3 aromatic carbocycles. The molecule has 0 bridgehead atoms. The molecule has 1 aromatic heterocycles. The maximum Gasteiger partial charge on any atom is 0.343 e. The van der Waals surface area contributed by atoms with Crippen LogP contribution in [0.3, 0.4) is 0 Å². The van der Waals surface area contributed by atoms with Gasteiger partial charge >= 0.3 is 5.97 Å². The lowest BCUT2D eigenvalue weighted by Gasteiger charge is -2.10. The van der Waals surface area contributed by atoms with Crippen LogP contribution in [0.4, 0.5) is 0 Å². The number of carbonyl (C=O) groups excluding carboxylic acids is 1. The highest BCUT2D eigenvalue weighted by atomic mass is 32.2. The van der Waals surface area contributed by atoms with Crippen molar-refractivity contribution in [3.05, 3.63) is 101 Å². The molecule has 1 heterocycles. The van der Waals surface area contributed by atoms with E-state index in [0.717, 1.165) is 11.3 Å². The maximum absolute atomic E-state index is 12.8. The van der Waals surface area contributed by atoms with Crippen LogP contribution >= 0.6 is 11.3 Å². The number of esters is 1. The molecule has 0 saturated heterocycles. The lowest BCUT2D eigenvalue weighted by atomic mass is 10.1. The standard InChI is InChI=1S/C26H24N2O5S2/c1-32-18-8-17-28-24(19-34-26(28)27-35(30,31)23-11-6-3-7-12-23)20-13-15-22(16-14-20)33-25(29)21-9-4-2-5-10-21/h2-7,9-16,19H,8,17-18H2,1H3/b27-26-. The molecule has 0 aliphatic carbocycles. The van der Waals surface area contributed by atoms with E-state index in [9.17, 15) is 13.2 Å². The summed E-state index contributed by atoms with van der Waals surface area (Å²) in [6.45, 7) is 1.06. The fraction of sp³-hybridized carbons (Fsp3) is 0.154. The number of hydrogen-bond donors (Lipinski definition) is 0. The predicted molar refractivity (Wildman–Crippen MR) is 135 cm³/mol. The molecule has 0 radical (unpaired) electrons. The number of methoxy groups -OCH3 is 1. The molecule has 4 aromatic rings. The Morgan fingerprint density at radius 3 is 2.26 bits per heavy atom. The Bertz CT molecular complexity index is 1440. The fourth-order valence-electron chi connectivity index (χ4n) is 3.40. The van der Waals surface area contributed by atoms with Gasteiger partial charge in [-0.3, -0.25) is 0 Å². The minimum atomic E-state index is -3.86. The largest absolute Gasteiger partial charge is 0.423 e. The van der Waals surface area contributed by atoms with Crippen LogP contribution in [0.5, 0.6) is 5.75 Å². The summed E-state index contributed by atoms with van der Waals surface area (Å²) in [6, 6.07) is 24.0. The SMILES string of the molecule is COCCCn1c(-c2ccc(OC(=O)c3ccccc3)cc2)cs/c1=N\S(=O)(=O)c1ccccc1. The Balaban J connectivity index is 1.64. The van der Waals surface area contributed by atoms with E-state index in [1.807, 2.05) is 28.1 Å². The van der Waals surface area contributed by atoms with Crippen molar-refractivity contribution in [1.82, 2.24) is 4.57 Å². The number of nitrogens with zero attached hydrogens (tertiary/aromatic N) is 2. The third-order valence-corrected chi connectivity index (χ3v) is 7.40. The smallest absolute Gasteiger partial charge is 0.343 e. The first-order chi connectivity index (χ1) is 17.0. The van der Waals surface area contributed by atoms with Crippen LogP contribution in [0.25, 0.3) is 11.3 Å². The molecule has 0 unspecified atom stereocenters. The first-order valence-electron chi connectivity index (χ1n) is 10.9. The topological polar surface area (TPSA) is 87.0 Å². The number of thiazole rings is 1. The van der Waals surface area contributed by atoms with Gasteiger partial charge in [0.2, 0.25) is 4.80 Å². The molecule has 0 spiro atoms. The molecule has 0 fully saturated rings. The second-order valence-electron chi connectivity index (χ2n) is 7.56. The molecule has 180 valence electrons. The van der Waals surface area contributed by atoms with Crippen LogP contribution in [0.2, 0.25) is 0 Å². The molecule has 7 nitrogen and oxygen atoms in total. The first kappa shape index (κ1) is 24.6. The molecule has 0 aliphatic rings. The summed E-state index contributed by atoms with van der Waals surface area (Å²) in [5, 5.41) is 1.87. The highest BCUT2D eigenvalue weighted by Crippen LogP contribution is 2.24. The van der Waals surface area contributed by atoms with Gasteiger partial charge in [-0.2, -0.15) is 8.42 Å². The van der Waals surface area contributed by atoms with Crippen LogP contribution < -0.4 is 9.54 Å². The van der Waals surface area contributed by atoms with Gasteiger partial charge in [-0.1, -0.05) is 36.4 Å². The Kier molecular flexibility index (Phi) is 7.91. The van der Waals surface area contributed by atoms with Crippen LogP contribution in [-0.4, -0.2) is 32.7 Å². The number of benzene rings is 3. The van der Waals surface area contributed by atoms with E-state index in [1.54, 1.807) is 61.7 Å². The molecule has 0 N–H and O–H groups in total. The van der Waals surface area contributed by atoms with E-state index in [2.05, 4.69) is 4.40 Å². The van der Waals surface area contributed by atoms with Gasteiger partial charge in [0.25, 0.3) is 10.0 Å². The summed E-state index contributed by atoms with van der Waals surface area (Å²) in [4.78, 5) is 12.8. The van der Waals surface area contributed by atoms with Crippen molar-refractivity contribution in [3.8, 4) is 17.0 Å². The number of rotatable bonds is 9. The Labute approximate surface area is 208 Å². The first-order valence-corrected chi connectivity index (χ1v) is 13.2. The lowest BCUT2D eigenvalue weighted by Crippen LogP contribution is -2.19. The molecule has 9 heteroatoms. The normalized spacial score (nSPS) is 12.0. The summed E-state index contributed by atoms with van der Waals surface area (Å²) in [6.07, 6.45) is 0.686. The number of hydrogen-bond acceptors (Lipinski definition) is 6.